The van der Waals surface area contributed by atoms with Gasteiger partial charge in [0.05, 0.1) is 18.4 Å². The summed E-state index contributed by atoms with van der Waals surface area (Å²) in [7, 11) is 0.707. The summed E-state index contributed by atoms with van der Waals surface area (Å²) in [5, 5.41) is 0. The average molecular weight is 426 g/mol. The molecule has 0 atom stereocenters. The van der Waals surface area contributed by atoms with Crippen molar-refractivity contribution in [2.75, 3.05) is 30.9 Å². The molecule has 2 rings (SSSR count). The smallest absolute Gasteiger partial charge is 0.296 e. The van der Waals surface area contributed by atoms with E-state index < -0.39 is 35.8 Å². The molecule has 0 aliphatic rings. The zero-order valence-corrected chi connectivity index (χ0v) is 16.8. The highest BCUT2D eigenvalue weighted by molar-refractivity contribution is 7.86. The Labute approximate surface area is 163 Å². The number of carbonyl (C=O) groups is 1. The molecule has 0 aliphatic heterocycles. The van der Waals surface area contributed by atoms with Crippen LogP contribution in [0.2, 0.25) is 0 Å². The fourth-order valence-corrected chi connectivity index (χ4v) is 4.09. The van der Waals surface area contributed by atoms with Gasteiger partial charge in [-0.15, -0.1) is 0 Å². The van der Waals surface area contributed by atoms with Gasteiger partial charge >= 0.3 is 0 Å². The molecule has 0 aromatic heterocycles. The van der Waals surface area contributed by atoms with Gasteiger partial charge in [0.2, 0.25) is 0 Å². The van der Waals surface area contributed by atoms with Crippen molar-refractivity contribution in [2.45, 2.75) is 9.79 Å². The van der Waals surface area contributed by atoms with Crippen LogP contribution >= 0.6 is 0 Å². The van der Waals surface area contributed by atoms with Crippen molar-refractivity contribution in [3.05, 3.63) is 54.6 Å². The van der Waals surface area contributed by atoms with Crippen LogP contribution in [0.5, 0.6) is 0 Å². The van der Waals surface area contributed by atoms with E-state index in [1.54, 1.807) is 14.1 Å². The van der Waals surface area contributed by atoms with Gasteiger partial charge in [-0.2, -0.15) is 16.8 Å². The second kappa shape index (κ2) is 7.51. The van der Waals surface area contributed by atoms with Crippen molar-refractivity contribution in [1.29, 1.82) is 0 Å². The van der Waals surface area contributed by atoms with E-state index >= 15 is 0 Å². The summed E-state index contributed by atoms with van der Waals surface area (Å²) in [6.45, 7) is 0. The van der Waals surface area contributed by atoms with Crippen LogP contribution in [-0.4, -0.2) is 52.9 Å². The van der Waals surface area contributed by atoms with E-state index in [2.05, 4.69) is 0 Å². The Hall–Kier alpha value is -2.47. The molecule has 2 N–H and O–H groups in total. The normalized spacial score (nSPS) is 11.9. The van der Waals surface area contributed by atoms with Gasteiger partial charge in [-0.3, -0.25) is 13.9 Å². The summed E-state index contributed by atoms with van der Waals surface area (Å²) in [6.07, 6.45) is 0. The lowest BCUT2D eigenvalue weighted by Crippen LogP contribution is -2.15. The fourth-order valence-electron chi connectivity index (χ4n) is 2.55. The van der Waals surface area contributed by atoms with Crippen molar-refractivity contribution < 1.29 is 30.7 Å². The zero-order valence-electron chi connectivity index (χ0n) is 15.2. The number of anilines is 2. The van der Waals surface area contributed by atoms with Crippen LogP contribution in [0.4, 0.5) is 11.4 Å². The summed E-state index contributed by atoms with van der Waals surface area (Å²) >= 11 is 0. The Morgan fingerprint density at radius 3 is 1.57 bits per heavy atom. The molecular weight excluding hydrogens is 408 g/mol. The Morgan fingerprint density at radius 2 is 1.21 bits per heavy atom. The van der Waals surface area contributed by atoms with E-state index in [1.165, 1.54) is 36.2 Å². The van der Waals surface area contributed by atoms with Crippen LogP contribution in [0.3, 0.4) is 0 Å². The van der Waals surface area contributed by atoms with Crippen molar-refractivity contribution in [3.63, 3.8) is 0 Å². The van der Waals surface area contributed by atoms with Crippen LogP contribution in [0.15, 0.2) is 46.2 Å². The van der Waals surface area contributed by atoms with Crippen LogP contribution in [0, 0.1) is 7.05 Å². The molecule has 0 amide bonds. The summed E-state index contributed by atoms with van der Waals surface area (Å²) < 4.78 is 65.4. The molecule has 2 radical (unpaired) electrons. The van der Waals surface area contributed by atoms with Crippen molar-refractivity contribution in [1.82, 2.24) is 0 Å². The highest BCUT2D eigenvalue weighted by atomic mass is 32.2. The van der Waals surface area contributed by atoms with E-state index in [-0.39, 0.29) is 22.5 Å². The molecule has 9 nitrogen and oxygen atoms in total. The lowest BCUT2D eigenvalue weighted by molar-refractivity contribution is 0.103. The first-order chi connectivity index (χ1) is 12.7. The third-order valence-electron chi connectivity index (χ3n) is 3.86. The van der Waals surface area contributed by atoms with Crippen LogP contribution in [-0.2, 0) is 20.2 Å². The second-order valence-corrected chi connectivity index (χ2v) is 8.93. The van der Waals surface area contributed by atoms with Gasteiger partial charge in [-0.1, -0.05) is 0 Å². The highest BCUT2D eigenvalue weighted by Gasteiger charge is 2.23. The van der Waals surface area contributed by atoms with E-state index in [1.807, 2.05) is 0 Å². The third-order valence-corrected chi connectivity index (χ3v) is 5.63. The van der Waals surface area contributed by atoms with Crippen molar-refractivity contribution >= 4 is 37.4 Å². The molecule has 0 fully saturated rings. The molecule has 0 unspecified atom stereocenters. The molecule has 150 valence electrons. The monoisotopic (exact) mass is 426 g/mol. The first kappa shape index (κ1) is 21.8. The Balaban J connectivity index is 2.64. The van der Waals surface area contributed by atoms with Gasteiger partial charge in [0.1, 0.15) is 9.79 Å². The number of hydrogen-bond acceptors (Lipinski definition) is 7. The van der Waals surface area contributed by atoms with Crippen molar-refractivity contribution in [3.8, 4) is 0 Å². The Bertz CT molecular complexity index is 1050. The van der Waals surface area contributed by atoms with E-state index in [9.17, 15) is 30.7 Å². The van der Waals surface area contributed by atoms with Gasteiger partial charge in [-0.25, -0.2) is 0 Å². The molecule has 2 aromatic carbocycles. The maximum atomic E-state index is 12.8. The number of carbonyl (C=O) groups excluding carboxylic acids is 1. The highest BCUT2D eigenvalue weighted by Crippen LogP contribution is 2.29. The Morgan fingerprint density at radius 1 is 0.821 bits per heavy atom. The van der Waals surface area contributed by atoms with Crippen LogP contribution < -0.4 is 9.80 Å². The number of benzene rings is 2. The predicted molar refractivity (Wildman–Crippen MR) is 103 cm³/mol. The maximum absolute atomic E-state index is 12.8. The standard InChI is InChI=1S/C17H18N2O7S2/c1-18(2)13-7-5-11(9-15(13)27(21,22)23)17(20)12-6-8-14(19(3)4)16(10-12)28(24,25)26/h1,5-10H,2-4H3,(H,21,22,23)(H,24,25,26). The van der Waals surface area contributed by atoms with E-state index in [4.69, 9.17) is 7.05 Å². The third kappa shape index (κ3) is 4.50. The molecule has 0 bridgehead atoms. The lowest BCUT2D eigenvalue weighted by atomic mass is 10.0. The largest absolute Gasteiger partial charge is 0.377 e. The summed E-state index contributed by atoms with van der Waals surface area (Å²) in [6, 6.07) is 7.10. The number of rotatable bonds is 6. The molecule has 0 saturated heterocycles. The lowest BCUT2D eigenvalue weighted by Gasteiger charge is -2.17. The minimum Gasteiger partial charge on any atom is -0.377 e. The maximum Gasteiger partial charge on any atom is 0.296 e. The first-order valence-electron chi connectivity index (χ1n) is 7.67. The number of ketones is 1. The van der Waals surface area contributed by atoms with Gasteiger partial charge in [0, 0.05) is 32.3 Å². The van der Waals surface area contributed by atoms with Crippen LogP contribution in [0.1, 0.15) is 15.9 Å². The molecule has 0 saturated carbocycles. The summed E-state index contributed by atoms with van der Waals surface area (Å²) in [4.78, 5) is 14.1. The van der Waals surface area contributed by atoms with Gasteiger partial charge in [-0.05, 0) is 36.4 Å². The fraction of sp³-hybridized carbons (Fsp3) is 0.176. The van der Waals surface area contributed by atoms with E-state index in [0.29, 0.717) is 0 Å². The van der Waals surface area contributed by atoms with Gasteiger partial charge in [0.25, 0.3) is 20.2 Å². The first-order valence-corrected chi connectivity index (χ1v) is 10.5. The average Bonchev–Trinajstić information content (AvgIpc) is 2.58. The van der Waals surface area contributed by atoms with Crippen LogP contribution in [0.25, 0.3) is 0 Å². The quantitative estimate of drug-likeness (QED) is 0.401. The Kier molecular flexibility index (Phi) is 5.85. The second-order valence-electron chi connectivity index (χ2n) is 6.15. The molecule has 0 spiro atoms. The minimum absolute atomic E-state index is 0.0411. The van der Waals surface area contributed by atoms with Crippen molar-refractivity contribution in [2.24, 2.45) is 0 Å². The molecular formula is C17H18N2O7S2. The van der Waals surface area contributed by atoms with E-state index in [0.717, 1.165) is 17.0 Å². The molecule has 0 heterocycles. The zero-order chi connectivity index (χ0) is 21.4. The van der Waals surface area contributed by atoms with Gasteiger partial charge < -0.3 is 9.80 Å². The molecule has 28 heavy (non-hydrogen) atoms. The molecule has 11 heteroatoms. The summed E-state index contributed by atoms with van der Waals surface area (Å²) in [5.74, 6) is -0.716. The van der Waals surface area contributed by atoms with Gasteiger partial charge in [0.15, 0.2) is 5.78 Å². The number of hydrogen-bond donors (Lipinski definition) is 2. The predicted octanol–water partition coefficient (Wildman–Crippen LogP) is 1.58. The summed E-state index contributed by atoms with van der Waals surface area (Å²) in [5.41, 5.74) is -0.108. The topological polar surface area (TPSA) is 132 Å². The number of nitrogens with zero attached hydrogens (tertiary/aromatic N) is 2. The SMILES string of the molecule is [CH]N(C)c1ccc(C(=O)c2ccc(N(C)C)c(S(=O)(=O)O)c2)cc1S(=O)(=O)O. The molecule has 2 aromatic rings. The minimum atomic E-state index is -4.68. The molecule has 0 aliphatic carbocycles.